The Morgan fingerprint density at radius 1 is 0.857 bits per heavy atom. The van der Waals surface area contributed by atoms with E-state index in [1.165, 1.54) is 18.3 Å². The van der Waals surface area contributed by atoms with Crippen LogP contribution in [0.2, 0.25) is 0 Å². The number of fused-ring (bicyclic) bond motifs is 1. The summed E-state index contributed by atoms with van der Waals surface area (Å²) in [5.41, 5.74) is 0.743. The highest BCUT2D eigenvalue weighted by molar-refractivity contribution is 5.99. The lowest BCUT2D eigenvalue weighted by molar-refractivity contribution is -0.0613. The van der Waals surface area contributed by atoms with E-state index in [0.717, 1.165) is 9.95 Å². The normalized spacial score (nSPS) is 12.8. The fraction of sp³-hybridized carbons (Fsp3) is 0.0625. The number of para-hydroxylation sites is 2. The molecule has 0 aliphatic carbocycles. The van der Waals surface area contributed by atoms with E-state index in [0.29, 0.717) is 5.52 Å². The van der Waals surface area contributed by atoms with Gasteiger partial charge in [0.2, 0.25) is 5.84 Å². The topological polar surface area (TPSA) is 17.3 Å². The van der Waals surface area contributed by atoms with Crippen molar-refractivity contribution in [2.45, 2.75) is 6.18 Å². The first-order valence-electron chi connectivity index (χ1n) is 6.33. The van der Waals surface area contributed by atoms with Crippen molar-refractivity contribution in [2.75, 3.05) is 0 Å². The molecule has 0 atom stereocenters. The van der Waals surface area contributed by atoms with Gasteiger partial charge in [0.15, 0.2) is 0 Å². The molecule has 0 bridgehead atoms. The number of hydrogen-bond donors (Lipinski definition) is 0. The van der Waals surface area contributed by atoms with E-state index in [1.807, 2.05) is 0 Å². The van der Waals surface area contributed by atoms with E-state index in [-0.39, 0.29) is 5.69 Å². The zero-order chi connectivity index (χ0) is 14.9. The maximum atomic E-state index is 13.3. The van der Waals surface area contributed by atoms with Gasteiger partial charge in [0.25, 0.3) is 0 Å². The van der Waals surface area contributed by atoms with Crippen molar-refractivity contribution in [1.82, 2.24) is 4.57 Å². The Labute approximate surface area is 119 Å². The molecule has 0 saturated carbocycles. The fourth-order valence-electron chi connectivity index (χ4n) is 2.15. The highest BCUT2D eigenvalue weighted by atomic mass is 19.4. The van der Waals surface area contributed by atoms with E-state index in [4.69, 9.17) is 0 Å². The zero-order valence-corrected chi connectivity index (χ0v) is 10.9. The first-order chi connectivity index (χ1) is 10.1. The molecule has 0 N–H and O–H groups in total. The maximum Gasteiger partial charge on any atom is 0.450 e. The number of hydrogen-bond acceptors (Lipinski definition) is 1. The Morgan fingerprint density at radius 2 is 1.52 bits per heavy atom. The van der Waals surface area contributed by atoms with Crippen LogP contribution in [0.3, 0.4) is 0 Å². The SMILES string of the molecule is FC(F)(F)C(=Nc1ccccc1)n1ccc2ccccc21. The number of alkyl halides is 3. The van der Waals surface area contributed by atoms with Crippen LogP contribution in [0.25, 0.3) is 10.9 Å². The molecule has 5 heteroatoms. The summed E-state index contributed by atoms with van der Waals surface area (Å²) >= 11 is 0. The molecule has 0 spiro atoms. The zero-order valence-electron chi connectivity index (χ0n) is 10.9. The van der Waals surface area contributed by atoms with Gasteiger partial charge in [0.05, 0.1) is 11.2 Å². The third-order valence-electron chi connectivity index (χ3n) is 3.07. The first-order valence-corrected chi connectivity index (χ1v) is 6.33. The highest BCUT2D eigenvalue weighted by Gasteiger charge is 2.38. The predicted molar refractivity (Wildman–Crippen MR) is 76.9 cm³/mol. The van der Waals surface area contributed by atoms with Gasteiger partial charge in [-0.3, -0.25) is 4.57 Å². The van der Waals surface area contributed by atoms with Crippen LogP contribution in [0.15, 0.2) is 71.9 Å². The van der Waals surface area contributed by atoms with Gasteiger partial charge in [0.1, 0.15) is 0 Å². The molecular formula is C16H11F3N2. The molecule has 3 aromatic rings. The van der Waals surface area contributed by atoms with Crippen LogP contribution in [0.5, 0.6) is 0 Å². The monoisotopic (exact) mass is 288 g/mol. The summed E-state index contributed by atoms with van der Waals surface area (Å²) in [6.45, 7) is 0. The second-order valence-electron chi connectivity index (χ2n) is 4.51. The van der Waals surface area contributed by atoms with Crippen LogP contribution < -0.4 is 0 Å². The highest BCUT2D eigenvalue weighted by Crippen LogP contribution is 2.26. The van der Waals surface area contributed by atoms with Gasteiger partial charge in [-0.2, -0.15) is 13.2 Å². The summed E-state index contributed by atoms with van der Waals surface area (Å²) in [6, 6.07) is 16.7. The fourth-order valence-corrected chi connectivity index (χ4v) is 2.15. The van der Waals surface area contributed by atoms with Crippen molar-refractivity contribution in [3.05, 3.63) is 66.9 Å². The van der Waals surface area contributed by atoms with Crippen LogP contribution in [-0.4, -0.2) is 16.6 Å². The molecule has 2 aromatic carbocycles. The van der Waals surface area contributed by atoms with Gasteiger partial charge in [-0.05, 0) is 29.7 Å². The lowest BCUT2D eigenvalue weighted by atomic mass is 10.2. The Morgan fingerprint density at radius 3 is 2.24 bits per heavy atom. The number of benzene rings is 2. The Balaban J connectivity index is 2.20. The smallest absolute Gasteiger partial charge is 0.297 e. The summed E-state index contributed by atoms with van der Waals surface area (Å²) in [6.07, 6.45) is -3.16. The molecule has 0 saturated heterocycles. The van der Waals surface area contributed by atoms with Crippen molar-refractivity contribution in [1.29, 1.82) is 0 Å². The van der Waals surface area contributed by atoms with Gasteiger partial charge in [-0.1, -0.05) is 36.4 Å². The molecule has 0 radical (unpaired) electrons. The second kappa shape index (κ2) is 5.09. The molecule has 3 rings (SSSR count). The molecular weight excluding hydrogens is 277 g/mol. The molecule has 0 aliphatic heterocycles. The lowest BCUT2D eigenvalue weighted by Crippen LogP contribution is -2.29. The van der Waals surface area contributed by atoms with E-state index in [2.05, 4.69) is 4.99 Å². The lowest BCUT2D eigenvalue weighted by Gasteiger charge is -2.13. The minimum Gasteiger partial charge on any atom is -0.297 e. The van der Waals surface area contributed by atoms with Crippen molar-refractivity contribution < 1.29 is 13.2 Å². The van der Waals surface area contributed by atoms with Crippen molar-refractivity contribution in [3.63, 3.8) is 0 Å². The number of halogens is 3. The van der Waals surface area contributed by atoms with E-state index in [9.17, 15) is 13.2 Å². The molecule has 106 valence electrons. The van der Waals surface area contributed by atoms with Gasteiger partial charge in [-0.25, -0.2) is 4.99 Å². The summed E-state index contributed by atoms with van der Waals surface area (Å²) in [7, 11) is 0. The van der Waals surface area contributed by atoms with Crippen molar-refractivity contribution >= 4 is 22.4 Å². The average molecular weight is 288 g/mol. The quantitative estimate of drug-likeness (QED) is 0.453. The summed E-state index contributed by atoms with van der Waals surface area (Å²) in [5.74, 6) is -0.949. The summed E-state index contributed by atoms with van der Waals surface area (Å²) in [4.78, 5) is 3.78. The molecule has 2 nitrogen and oxygen atoms in total. The molecule has 0 amide bonds. The Kier molecular flexibility index (Phi) is 3.25. The van der Waals surface area contributed by atoms with E-state index in [1.54, 1.807) is 48.5 Å². The van der Waals surface area contributed by atoms with Crippen LogP contribution in [-0.2, 0) is 0 Å². The molecule has 1 aromatic heterocycles. The third kappa shape index (κ3) is 2.67. The van der Waals surface area contributed by atoms with Gasteiger partial charge in [-0.15, -0.1) is 0 Å². The molecule has 0 unspecified atom stereocenters. The van der Waals surface area contributed by atoms with Gasteiger partial charge in [0, 0.05) is 6.20 Å². The second-order valence-corrected chi connectivity index (χ2v) is 4.51. The minimum absolute atomic E-state index is 0.266. The molecule has 21 heavy (non-hydrogen) atoms. The minimum atomic E-state index is -4.54. The third-order valence-corrected chi connectivity index (χ3v) is 3.07. The van der Waals surface area contributed by atoms with Crippen LogP contribution >= 0.6 is 0 Å². The standard InChI is InChI=1S/C16H11F3N2/c17-16(18,19)15(20-13-7-2-1-3-8-13)21-11-10-12-6-4-5-9-14(12)21/h1-11H. The van der Waals surface area contributed by atoms with Crippen LogP contribution in [0, 0.1) is 0 Å². The average Bonchev–Trinajstić information content (AvgIpc) is 2.88. The molecule has 1 heterocycles. The predicted octanol–water partition coefficient (Wildman–Crippen LogP) is 4.78. The molecule has 0 aliphatic rings. The maximum absolute atomic E-state index is 13.3. The van der Waals surface area contributed by atoms with E-state index >= 15 is 0 Å². The van der Waals surface area contributed by atoms with E-state index < -0.39 is 12.0 Å². The Hall–Kier alpha value is -2.56. The van der Waals surface area contributed by atoms with Crippen molar-refractivity contribution in [2.24, 2.45) is 4.99 Å². The van der Waals surface area contributed by atoms with Crippen molar-refractivity contribution in [3.8, 4) is 0 Å². The number of rotatable bonds is 1. The molecule has 0 fully saturated rings. The first kappa shape index (κ1) is 13.4. The van der Waals surface area contributed by atoms with Gasteiger partial charge < -0.3 is 0 Å². The van der Waals surface area contributed by atoms with Crippen LogP contribution in [0.4, 0.5) is 18.9 Å². The summed E-state index contributed by atoms with van der Waals surface area (Å²) < 4.78 is 41.1. The summed E-state index contributed by atoms with van der Waals surface area (Å²) in [5, 5.41) is 0.738. The Bertz CT molecular complexity index is 786. The largest absolute Gasteiger partial charge is 0.450 e. The van der Waals surface area contributed by atoms with Gasteiger partial charge >= 0.3 is 6.18 Å². The number of nitrogens with zero attached hydrogens (tertiary/aromatic N) is 2. The number of aromatic nitrogens is 1. The number of aliphatic imine (C=N–C) groups is 1. The van der Waals surface area contributed by atoms with Crippen LogP contribution in [0.1, 0.15) is 0 Å².